The zero-order valence-electron chi connectivity index (χ0n) is 12.8. The van der Waals surface area contributed by atoms with Gasteiger partial charge in [0, 0.05) is 12.2 Å². The highest BCUT2D eigenvalue weighted by molar-refractivity contribution is 5.80. The second kappa shape index (κ2) is 17.9. The molecule has 0 fully saturated rings. The minimum atomic E-state index is -0.394. The van der Waals surface area contributed by atoms with Crippen molar-refractivity contribution in [3.63, 3.8) is 0 Å². The van der Waals surface area contributed by atoms with Crippen LogP contribution in [0, 0.1) is 11.3 Å². The Morgan fingerprint density at radius 1 is 1.14 bits per heavy atom. The van der Waals surface area contributed by atoms with E-state index in [0.717, 1.165) is 11.6 Å². The van der Waals surface area contributed by atoms with Gasteiger partial charge >= 0.3 is 5.97 Å². The van der Waals surface area contributed by atoms with Crippen molar-refractivity contribution in [1.29, 1.82) is 5.26 Å². The number of ether oxygens (including phenoxy) is 1. The van der Waals surface area contributed by atoms with Crippen LogP contribution in [-0.4, -0.2) is 13.1 Å². The third kappa shape index (κ3) is 16.9. The van der Waals surface area contributed by atoms with Gasteiger partial charge in [0.25, 0.3) is 0 Å². The van der Waals surface area contributed by atoms with Crippen molar-refractivity contribution >= 4 is 12.0 Å². The number of benzene rings is 1. The van der Waals surface area contributed by atoms with Gasteiger partial charge in [0.05, 0.1) is 13.2 Å². The number of rotatable bonds is 4. The largest absolute Gasteiger partial charge is 0.466 e. The van der Waals surface area contributed by atoms with Crippen molar-refractivity contribution in [2.45, 2.75) is 0 Å². The summed E-state index contributed by atoms with van der Waals surface area (Å²) >= 11 is 0. The Kier molecular flexibility index (Phi) is 17.2. The maximum atomic E-state index is 9.84. The summed E-state index contributed by atoms with van der Waals surface area (Å²) in [5.74, 6) is -0.394. The summed E-state index contributed by atoms with van der Waals surface area (Å²) in [5, 5.41) is 8.19. The van der Waals surface area contributed by atoms with Crippen LogP contribution in [0.5, 0.6) is 0 Å². The van der Waals surface area contributed by atoms with Gasteiger partial charge in [-0.1, -0.05) is 80.4 Å². The molecule has 0 unspecified atom stereocenters. The van der Waals surface area contributed by atoms with Crippen LogP contribution < -0.4 is 0 Å². The summed E-state index contributed by atoms with van der Waals surface area (Å²) in [6, 6.07) is 11.9. The number of nitrogens with zero attached hydrogens (tertiary/aromatic N) is 1. The molecule has 0 aliphatic heterocycles. The highest BCUT2D eigenvalue weighted by atomic mass is 16.5. The lowest BCUT2D eigenvalue weighted by molar-refractivity contribution is -0.134. The number of carbonyl (C=O) groups is 1. The van der Waals surface area contributed by atoms with Gasteiger partial charge in [-0.05, 0) is 5.56 Å². The van der Waals surface area contributed by atoms with Crippen LogP contribution >= 0.6 is 0 Å². The normalized spacial score (nSPS) is 8.55. The number of esters is 1. The summed E-state index contributed by atoms with van der Waals surface area (Å²) < 4.78 is 4.14. The highest BCUT2D eigenvalue weighted by Gasteiger charge is 1.82. The van der Waals surface area contributed by atoms with E-state index in [-0.39, 0.29) is 0 Å². The van der Waals surface area contributed by atoms with Crippen LogP contribution in [0.3, 0.4) is 0 Å². The molecule has 22 heavy (non-hydrogen) atoms. The van der Waals surface area contributed by atoms with Crippen molar-refractivity contribution in [1.82, 2.24) is 0 Å². The summed E-state index contributed by atoms with van der Waals surface area (Å²) in [6.07, 6.45) is 11.3. The first-order valence-electron chi connectivity index (χ1n) is 6.37. The topological polar surface area (TPSA) is 50.1 Å². The van der Waals surface area contributed by atoms with Gasteiger partial charge in [-0.25, -0.2) is 4.79 Å². The first kappa shape index (κ1) is 21.2. The Morgan fingerprint density at radius 3 is 2.09 bits per heavy atom. The molecular weight excluding hydrogens is 274 g/mol. The van der Waals surface area contributed by atoms with Gasteiger partial charge in [-0.3, -0.25) is 0 Å². The molecule has 0 spiro atoms. The fraction of sp³-hybridized carbons (Fsp3) is 0.0526. The molecule has 0 aliphatic rings. The standard InChI is InChI=1S/C11H9N.C4H6O2.C4H6/c12-10-6-2-5-9-11-7-3-1-4-8-11;1-3-4(5)6-2;1-3-4-2/h1-9H;3H,1H2,2H3;3-4H,1-2H2. The Bertz CT molecular complexity index is 528. The smallest absolute Gasteiger partial charge is 0.329 e. The number of allylic oxidation sites excluding steroid dienone is 5. The lowest BCUT2D eigenvalue weighted by Gasteiger charge is -1.87. The maximum Gasteiger partial charge on any atom is 0.329 e. The molecule has 0 amide bonds. The molecule has 1 rings (SSSR count). The lowest BCUT2D eigenvalue weighted by Crippen LogP contribution is -1.91. The fourth-order valence-corrected chi connectivity index (χ4v) is 0.913. The van der Waals surface area contributed by atoms with Gasteiger partial charge < -0.3 is 4.74 Å². The van der Waals surface area contributed by atoms with Gasteiger partial charge in [0.1, 0.15) is 0 Å². The van der Waals surface area contributed by atoms with E-state index in [1.807, 2.05) is 48.6 Å². The molecule has 3 nitrogen and oxygen atoms in total. The van der Waals surface area contributed by atoms with E-state index >= 15 is 0 Å². The summed E-state index contributed by atoms with van der Waals surface area (Å²) in [6.45, 7) is 9.88. The minimum absolute atomic E-state index is 0.394. The Morgan fingerprint density at radius 2 is 1.73 bits per heavy atom. The second-order valence-corrected chi connectivity index (χ2v) is 3.46. The molecule has 0 bridgehead atoms. The predicted molar refractivity (Wildman–Crippen MR) is 92.8 cm³/mol. The molecule has 0 N–H and O–H groups in total. The third-order valence-corrected chi connectivity index (χ3v) is 1.90. The number of hydrogen-bond donors (Lipinski definition) is 0. The first-order chi connectivity index (χ1) is 10.7. The zero-order valence-corrected chi connectivity index (χ0v) is 12.8. The lowest BCUT2D eigenvalue weighted by atomic mass is 10.2. The van der Waals surface area contributed by atoms with E-state index in [1.165, 1.54) is 13.2 Å². The van der Waals surface area contributed by atoms with Crippen molar-refractivity contribution < 1.29 is 9.53 Å². The molecular formula is C19H21NO2. The van der Waals surface area contributed by atoms with Gasteiger partial charge in [-0.2, -0.15) is 5.26 Å². The monoisotopic (exact) mass is 295 g/mol. The average molecular weight is 295 g/mol. The Hall–Kier alpha value is -3.12. The molecule has 0 aromatic heterocycles. The molecule has 1 aromatic rings. The van der Waals surface area contributed by atoms with E-state index in [9.17, 15) is 4.79 Å². The van der Waals surface area contributed by atoms with Crippen molar-refractivity contribution in [3.05, 3.63) is 92.1 Å². The minimum Gasteiger partial charge on any atom is -0.466 e. The van der Waals surface area contributed by atoms with E-state index in [2.05, 4.69) is 24.5 Å². The zero-order chi connectivity index (χ0) is 17.1. The number of methoxy groups -OCH3 is 1. The van der Waals surface area contributed by atoms with Crippen LogP contribution in [0.15, 0.2) is 86.5 Å². The molecule has 0 aliphatic carbocycles. The van der Waals surface area contributed by atoms with Crippen LogP contribution in [0.4, 0.5) is 0 Å². The molecule has 114 valence electrons. The van der Waals surface area contributed by atoms with Gasteiger partial charge in [-0.15, -0.1) is 0 Å². The number of hydrogen-bond acceptors (Lipinski definition) is 3. The van der Waals surface area contributed by atoms with Crippen molar-refractivity contribution in [2.75, 3.05) is 7.11 Å². The Balaban J connectivity index is 0. The van der Waals surface area contributed by atoms with Crippen LogP contribution in [0.1, 0.15) is 5.56 Å². The van der Waals surface area contributed by atoms with Crippen LogP contribution in [-0.2, 0) is 9.53 Å². The average Bonchev–Trinajstić information content (AvgIpc) is 2.59. The van der Waals surface area contributed by atoms with Crippen molar-refractivity contribution in [2.24, 2.45) is 0 Å². The molecule has 0 saturated carbocycles. The van der Waals surface area contributed by atoms with E-state index in [1.54, 1.807) is 18.2 Å². The SMILES string of the molecule is C=CC(=O)OC.C=CC=C.N#CC=CC=Cc1ccccc1. The van der Waals surface area contributed by atoms with Crippen molar-refractivity contribution in [3.8, 4) is 6.07 Å². The van der Waals surface area contributed by atoms with E-state index < -0.39 is 5.97 Å². The first-order valence-corrected chi connectivity index (χ1v) is 6.37. The van der Waals surface area contributed by atoms with E-state index in [4.69, 9.17) is 5.26 Å². The summed E-state index contributed by atoms with van der Waals surface area (Å²) in [4.78, 5) is 9.84. The molecule has 1 aromatic carbocycles. The van der Waals surface area contributed by atoms with Crippen LogP contribution in [0.25, 0.3) is 6.08 Å². The highest BCUT2D eigenvalue weighted by Crippen LogP contribution is 2.00. The predicted octanol–water partition coefficient (Wildman–Crippen LogP) is 4.48. The van der Waals surface area contributed by atoms with Crippen LogP contribution in [0.2, 0.25) is 0 Å². The third-order valence-electron chi connectivity index (χ3n) is 1.90. The molecule has 0 saturated heterocycles. The molecule has 3 heteroatoms. The molecule has 0 atom stereocenters. The van der Waals surface area contributed by atoms with Gasteiger partial charge in [0.15, 0.2) is 0 Å². The maximum absolute atomic E-state index is 9.84. The summed E-state index contributed by atoms with van der Waals surface area (Å²) in [5.41, 5.74) is 1.14. The summed E-state index contributed by atoms with van der Waals surface area (Å²) in [7, 11) is 1.31. The second-order valence-electron chi connectivity index (χ2n) is 3.46. The van der Waals surface area contributed by atoms with Gasteiger partial charge in [0.2, 0.25) is 0 Å². The number of nitriles is 1. The van der Waals surface area contributed by atoms with E-state index in [0.29, 0.717) is 0 Å². The molecule has 0 heterocycles. The fourth-order valence-electron chi connectivity index (χ4n) is 0.913. The number of carbonyl (C=O) groups excluding carboxylic acids is 1. The Labute approximate surface area is 132 Å². The molecule has 0 radical (unpaired) electrons. The quantitative estimate of drug-likeness (QED) is 0.356.